The fourth-order valence-corrected chi connectivity index (χ4v) is 1.14. The summed E-state index contributed by atoms with van der Waals surface area (Å²) in [5.41, 5.74) is 0. The minimum absolute atomic E-state index is 0.744. The van der Waals surface area contributed by atoms with Gasteiger partial charge >= 0.3 is 11.9 Å². The van der Waals surface area contributed by atoms with Gasteiger partial charge in [-0.3, -0.25) is 0 Å². The average molecular weight is 310 g/mol. The molecule has 0 amide bonds. The van der Waals surface area contributed by atoms with Crippen molar-refractivity contribution < 1.29 is 45.0 Å². The monoisotopic (exact) mass is 310 g/mol. The maximum Gasteiger partial charge on any atom is 0.335 e. The van der Waals surface area contributed by atoms with Gasteiger partial charge in [-0.25, -0.2) is 9.59 Å². The van der Waals surface area contributed by atoms with Gasteiger partial charge in [-0.05, 0) is 6.42 Å². The van der Waals surface area contributed by atoms with E-state index in [1.54, 1.807) is 0 Å². The molecule has 0 aliphatic heterocycles. The summed E-state index contributed by atoms with van der Waals surface area (Å²) in [5, 5.41) is 51.5. The van der Waals surface area contributed by atoms with E-state index in [0.717, 1.165) is 19.1 Å². The lowest BCUT2D eigenvalue weighted by molar-refractivity contribution is -0.172. The highest BCUT2D eigenvalue weighted by Gasteiger charge is 2.37. The minimum Gasteiger partial charge on any atom is -0.479 e. The standard InChI is InChI=1S/C6H10O8.C6H12O/c7-1(3(9)5(11)12)2(8)4(10)6(13)14;1-2-3-4-5-6-7/h1-4,7-10H,(H,11,12)(H,13,14);6H,2-5H2,1H3. The van der Waals surface area contributed by atoms with Gasteiger partial charge in [0.1, 0.15) is 18.5 Å². The number of aldehydes is 1. The number of aliphatic carboxylic acids is 2. The number of carbonyl (C=O) groups excluding carboxylic acids is 1. The molecule has 21 heavy (non-hydrogen) atoms. The highest BCUT2D eigenvalue weighted by molar-refractivity contribution is 5.75. The van der Waals surface area contributed by atoms with Gasteiger partial charge in [0.05, 0.1) is 0 Å². The van der Waals surface area contributed by atoms with Crippen molar-refractivity contribution in [3.8, 4) is 0 Å². The van der Waals surface area contributed by atoms with Gasteiger partial charge in [0.25, 0.3) is 0 Å². The van der Waals surface area contributed by atoms with Crippen LogP contribution in [0.4, 0.5) is 0 Å². The first kappa shape index (κ1) is 21.7. The van der Waals surface area contributed by atoms with Gasteiger partial charge in [0.15, 0.2) is 12.2 Å². The van der Waals surface area contributed by atoms with Crippen molar-refractivity contribution in [3.63, 3.8) is 0 Å². The Bertz CT molecular complexity index is 294. The third kappa shape index (κ3) is 9.91. The van der Waals surface area contributed by atoms with Crippen molar-refractivity contribution in [2.24, 2.45) is 0 Å². The Morgan fingerprint density at radius 1 is 0.905 bits per heavy atom. The van der Waals surface area contributed by atoms with Crippen molar-refractivity contribution in [1.82, 2.24) is 0 Å². The van der Waals surface area contributed by atoms with Crippen LogP contribution in [0.3, 0.4) is 0 Å². The van der Waals surface area contributed by atoms with E-state index in [9.17, 15) is 14.4 Å². The second-order valence-electron chi connectivity index (χ2n) is 4.21. The molecule has 0 aliphatic rings. The topological polar surface area (TPSA) is 173 Å². The van der Waals surface area contributed by atoms with Gasteiger partial charge in [0.2, 0.25) is 0 Å². The molecule has 0 radical (unpaired) electrons. The van der Waals surface area contributed by atoms with Crippen LogP contribution in [0.25, 0.3) is 0 Å². The summed E-state index contributed by atoms with van der Waals surface area (Å²) in [4.78, 5) is 29.9. The average Bonchev–Trinajstić information content (AvgIpc) is 2.45. The Balaban J connectivity index is 0. The molecule has 0 fully saturated rings. The molecule has 0 heterocycles. The summed E-state index contributed by atoms with van der Waals surface area (Å²) >= 11 is 0. The van der Waals surface area contributed by atoms with Crippen LogP contribution in [-0.4, -0.2) is 73.3 Å². The molecule has 124 valence electrons. The summed E-state index contributed by atoms with van der Waals surface area (Å²) in [6, 6.07) is 0. The van der Waals surface area contributed by atoms with Crippen LogP contribution in [0.5, 0.6) is 0 Å². The van der Waals surface area contributed by atoms with Crippen molar-refractivity contribution in [1.29, 1.82) is 0 Å². The summed E-state index contributed by atoms with van der Waals surface area (Å²) in [6.45, 7) is 2.13. The first-order chi connectivity index (χ1) is 9.70. The number of carboxylic acid groups (broad SMARTS) is 2. The van der Waals surface area contributed by atoms with Gasteiger partial charge < -0.3 is 35.4 Å². The lowest BCUT2D eigenvalue weighted by Gasteiger charge is -2.21. The van der Waals surface area contributed by atoms with E-state index in [-0.39, 0.29) is 0 Å². The Morgan fingerprint density at radius 2 is 1.29 bits per heavy atom. The normalized spacial score (nSPS) is 15.9. The third-order valence-electron chi connectivity index (χ3n) is 2.43. The summed E-state index contributed by atoms with van der Waals surface area (Å²) in [7, 11) is 0. The zero-order chi connectivity index (χ0) is 17.0. The van der Waals surface area contributed by atoms with Crippen molar-refractivity contribution >= 4 is 18.2 Å². The second kappa shape index (κ2) is 12.2. The van der Waals surface area contributed by atoms with E-state index in [1.165, 1.54) is 12.8 Å². The van der Waals surface area contributed by atoms with Gasteiger partial charge in [0, 0.05) is 6.42 Å². The van der Waals surface area contributed by atoms with Gasteiger partial charge in [-0.15, -0.1) is 0 Å². The molecule has 0 aromatic heterocycles. The van der Waals surface area contributed by atoms with E-state index in [0.29, 0.717) is 0 Å². The maximum atomic E-state index is 10.1. The van der Waals surface area contributed by atoms with Crippen molar-refractivity contribution in [2.75, 3.05) is 0 Å². The van der Waals surface area contributed by atoms with Crippen molar-refractivity contribution in [2.45, 2.75) is 57.0 Å². The Labute approximate surface area is 121 Å². The lowest BCUT2D eigenvalue weighted by Crippen LogP contribution is -2.49. The predicted octanol–water partition coefficient (Wildman–Crippen LogP) is -1.64. The number of hydrogen-bond donors (Lipinski definition) is 6. The summed E-state index contributed by atoms with van der Waals surface area (Å²) in [6.07, 6.45) is -4.09. The van der Waals surface area contributed by atoms with Crippen LogP contribution >= 0.6 is 0 Å². The number of unbranched alkanes of at least 4 members (excludes halogenated alkanes) is 3. The van der Waals surface area contributed by atoms with E-state index in [1.807, 2.05) is 0 Å². The SMILES string of the molecule is CCCCCC=O.O=C(O)C(O)C(O)C(O)C(O)C(=O)O. The third-order valence-corrected chi connectivity index (χ3v) is 2.43. The smallest absolute Gasteiger partial charge is 0.335 e. The molecule has 4 atom stereocenters. The predicted molar refractivity (Wildman–Crippen MR) is 69.5 cm³/mol. The summed E-state index contributed by atoms with van der Waals surface area (Å²) in [5.74, 6) is -3.68. The highest BCUT2D eigenvalue weighted by Crippen LogP contribution is 2.05. The molecule has 9 nitrogen and oxygen atoms in total. The fourth-order valence-electron chi connectivity index (χ4n) is 1.14. The van der Waals surface area contributed by atoms with E-state index in [4.69, 9.17) is 30.6 Å². The second-order valence-corrected chi connectivity index (χ2v) is 4.21. The molecule has 6 N–H and O–H groups in total. The van der Waals surface area contributed by atoms with E-state index < -0.39 is 36.4 Å². The van der Waals surface area contributed by atoms with Gasteiger partial charge in [-0.1, -0.05) is 19.8 Å². The number of aliphatic hydroxyl groups is 4. The molecule has 0 saturated heterocycles. The summed E-state index contributed by atoms with van der Waals surface area (Å²) < 4.78 is 0. The van der Waals surface area contributed by atoms with E-state index in [2.05, 4.69) is 6.92 Å². The number of hydrogen-bond acceptors (Lipinski definition) is 7. The first-order valence-electron chi connectivity index (χ1n) is 6.32. The lowest BCUT2D eigenvalue weighted by atomic mass is 10.0. The first-order valence-corrected chi connectivity index (χ1v) is 6.32. The van der Waals surface area contributed by atoms with Crippen LogP contribution in [0.1, 0.15) is 32.6 Å². The van der Waals surface area contributed by atoms with Crippen molar-refractivity contribution in [3.05, 3.63) is 0 Å². The van der Waals surface area contributed by atoms with Crippen LogP contribution in [0, 0.1) is 0 Å². The molecule has 0 aromatic carbocycles. The number of rotatable bonds is 9. The molecule has 0 bridgehead atoms. The molecular weight excluding hydrogens is 288 g/mol. The van der Waals surface area contributed by atoms with Crippen LogP contribution in [-0.2, 0) is 14.4 Å². The Morgan fingerprint density at radius 3 is 1.52 bits per heavy atom. The maximum absolute atomic E-state index is 10.1. The Hall–Kier alpha value is -1.55. The molecule has 0 saturated carbocycles. The Kier molecular flexibility index (Phi) is 12.6. The van der Waals surface area contributed by atoms with Crippen LogP contribution in [0.15, 0.2) is 0 Å². The highest BCUT2D eigenvalue weighted by atomic mass is 16.4. The molecule has 4 unspecified atom stereocenters. The molecule has 9 heteroatoms. The van der Waals surface area contributed by atoms with Crippen LogP contribution < -0.4 is 0 Å². The zero-order valence-electron chi connectivity index (χ0n) is 11.6. The quantitative estimate of drug-likeness (QED) is 0.216. The number of aliphatic hydroxyl groups excluding tert-OH is 4. The minimum atomic E-state index is -2.36. The largest absolute Gasteiger partial charge is 0.479 e. The van der Waals surface area contributed by atoms with E-state index >= 15 is 0 Å². The molecule has 0 aromatic rings. The number of carboxylic acids is 2. The zero-order valence-corrected chi connectivity index (χ0v) is 11.6. The molecule has 0 spiro atoms. The fraction of sp³-hybridized carbons (Fsp3) is 0.750. The number of carbonyl (C=O) groups is 3. The van der Waals surface area contributed by atoms with Gasteiger partial charge in [-0.2, -0.15) is 0 Å². The molecule has 0 aliphatic carbocycles. The molecular formula is C12H22O9. The van der Waals surface area contributed by atoms with Crippen LogP contribution in [0.2, 0.25) is 0 Å². The molecule has 0 rings (SSSR count).